The van der Waals surface area contributed by atoms with Crippen molar-refractivity contribution in [3.05, 3.63) is 69.0 Å². The van der Waals surface area contributed by atoms with E-state index >= 15 is 0 Å². The number of aliphatic carboxylic acids is 1. The molecule has 1 saturated carbocycles. The molecule has 1 aliphatic carbocycles. The van der Waals surface area contributed by atoms with Gasteiger partial charge in [-0.25, -0.2) is 9.78 Å². The molecule has 8 nitrogen and oxygen atoms in total. The molecule has 1 atom stereocenters. The molecule has 4 aromatic rings. The molecular weight excluding hydrogens is 606 g/mol. The standard InChI is InChI=1S/C27H25Br2N3O5/c28-19-10-15(11-20(29)24(19)33)12-22(27(35)36)31-26(34)16-6-7-23-21(13-16)30-25(17-8-9-37-14-17)32(23)18-4-2-1-3-5-18/h6-11,13-14,18,22,33H,1-5,12H2,(H,31,34)(H,35,36)/t22-/m0/s1. The van der Waals surface area contributed by atoms with Gasteiger partial charge in [0, 0.05) is 18.0 Å². The maximum Gasteiger partial charge on any atom is 0.326 e. The summed E-state index contributed by atoms with van der Waals surface area (Å²) in [5.41, 5.74) is 3.46. The normalized spacial score (nSPS) is 15.1. The minimum Gasteiger partial charge on any atom is -0.506 e. The molecule has 3 N–H and O–H groups in total. The van der Waals surface area contributed by atoms with Gasteiger partial charge >= 0.3 is 5.97 Å². The number of nitrogens with one attached hydrogen (secondary N) is 1. The van der Waals surface area contributed by atoms with Crippen molar-refractivity contribution in [3.8, 4) is 17.1 Å². The van der Waals surface area contributed by atoms with Gasteiger partial charge in [0.2, 0.25) is 0 Å². The van der Waals surface area contributed by atoms with Crippen molar-refractivity contribution in [3.63, 3.8) is 0 Å². The number of hydrogen-bond acceptors (Lipinski definition) is 5. The maximum atomic E-state index is 13.1. The Balaban J connectivity index is 1.43. The number of halogens is 2. The van der Waals surface area contributed by atoms with E-state index in [1.807, 2.05) is 12.1 Å². The Morgan fingerprint density at radius 3 is 2.49 bits per heavy atom. The van der Waals surface area contributed by atoms with E-state index in [1.165, 1.54) is 19.3 Å². The molecule has 2 heterocycles. The van der Waals surface area contributed by atoms with E-state index < -0.39 is 17.9 Å². The Bertz CT molecular complexity index is 1440. The summed E-state index contributed by atoms with van der Waals surface area (Å²) in [6.07, 6.45) is 9.05. The molecule has 10 heteroatoms. The average molecular weight is 631 g/mol. The van der Waals surface area contributed by atoms with E-state index in [4.69, 9.17) is 9.40 Å². The van der Waals surface area contributed by atoms with Crippen LogP contribution in [0.15, 0.2) is 62.3 Å². The third-order valence-corrected chi connectivity index (χ3v) is 8.00. The number of fused-ring (bicyclic) bond motifs is 1. The zero-order valence-corrected chi connectivity index (χ0v) is 23.0. The fraction of sp³-hybridized carbons (Fsp3) is 0.296. The number of phenols is 1. The molecule has 1 aliphatic rings. The highest BCUT2D eigenvalue weighted by Crippen LogP contribution is 2.36. The van der Waals surface area contributed by atoms with Gasteiger partial charge in [0.05, 0.1) is 31.8 Å². The summed E-state index contributed by atoms with van der Waals surface area (Å²) >= 11 is 6.51. The van der Waals surface area contributed by atoms with Crippen LogP contribution in [0.5, 0.6) is 5.75 Å². The predicted octanol–water partition coefficient (Wildman–Crippen LogP) is 6.46. The molecule has 0 radical (unpaired) electrons. The minimum absolute atomic E-state index is 0.0235. The lowest BCUT2D eigenvalue weighted by molar-refractivity contribution is -0.139. The van der Waals surface area contributed by atoms with Crippen molar-refractivity contribution >= 4 is 54.8 Å². The summed E-state index contributed by atoms with van der Waals surface area (Å²) in [6.45, 7) is 0. The second-order valence-corrected chi connectivity index (χ2v) is 11.0. The number of aromatic hydroxyl groups is 1. The highest BCUT2D eigenvalue weighted by molar-refractivity contribution is 9.11. The van der Waals surface area contributed by atoms with Gasteiger partial charge in [0.25, 0.3) is 5.91 Å². The number of carbonyl (C=O) groups is 2. The average Bonchev–Trinajstić information content (AvgIpc) is 3.54. The highest BCUT2D eigenvalue weighted by Gasteiger charge is 2.25. The van der Waals surface area contributed by atoms with Crippen LogP contribution in [-0.4, -0.2) is 37.7 Å². The smallest absolute Gasteiger partial charge is 0.326 e. The van der Waals surface area contributed by atoms with Crippen LogP contribution in [0.2, 0.25) is 0 Å². The van der Waals surface area contributed by atoms with Gasteiger partial charge in [0.1, 0.15) is 23.9 Å². The number of amides is 1. The van der Waals surface area contributed by atoms with E-state index in [9.17, 15) is 19.8 Å². The van der Waals surface area contributed by atoms with Gasteiger partial charge in [0.15, 0.2) is 0 Å². The molecule has 0 saturated heterocycles. The highest BCUT2D eigenvalue weighted by atomic mass is 79.9. The molecule has 0 unspecified atom stereocenters. The largest absolute Gasteiger partial charge is 0.506 e. The Morgan fingerprint density at radius 1 is 1.11 bits per heavy atom. The molecule has 0 aliphatic heterocycles. The van der Waals surface area contributed by atoms with Gasteiger partial charge < -0.3 is 24.5 Å². The molecule has 5 rings (SSSR count). The number of carboxylic acid groups (broad SMARTS) is 1. The van der Waals surface area contributed by atoms with Crippen LogP contribution < -0.4 is 5.32 Å². The number of phenolic OH excluding ortho intramolecular Hbond substituents is 1. The first kappa shape index (κ1) is 25.5. The third-order valence-electron chi connectivity index (χ3n) is 6.79. The van der Waals surface area contributed by atoms with Crippen molar-refractivity contribution < 1.29 is 24.2 Å². The SMILES string of the molecule is O=C(N[C@@H](Cc1cc(Br)c(O)c(Br)c1)C(=O)O)c1ccc2c(c1)nc(-c1ccoc1)n2C1CCCCC1. The van der Waals surface area contributed by atoms with Crippen molar-refractivity contribution in [2.45, 2.75) is 50.6 Å². The van der Waals surface area contributed by atoms with Crippen molar-refractivity contribution in [2.75, 3.05) is 0 Å². The van der Waals surface area contributed by atoms with Gasteiger partial charge in [-0.15, -0.1) is 0 Å². The topological polar surface area (TPSA) is 118 Å². The predicted molar refractivity (Wildman–Crippen MR) is 146 cm³/mol. The van der Waals surface area contributed by atoms with E-state index in [1.54, 1.807) is 36.8 Å². The lowest BCUT2D eigenvalue weighted by atomic mass is 9.95. The van der Waals surface area contributed by atoms with Crippen LogP contribution in [0.4, 0.5) is 0 Å². The second kappa shape index (κ2) is 10.7. The zero-order valence-electron chi connectivity index (χ0n) is 19.8. The van der Waals surface area contributed by atoms with Crippen LogP contribution in [-0.2, 0) is 11.2 Å². The number of rotatable bonds is 7. The van der Waals surface area contributed by atoms with Crippen molar-refractivity contribution in [1.82, 2.24) is 14.9 Å². The maximum absolute atomic E-state index is 13.1. The lowest BCUT2D eigenvalue weighted by Crippen LogP contribution is -2.42. The van der Waals surface area contributed by atoms with Crippen LogP contribution in [0.3, 0.4) is 0 Å². The number of imidazole rings is 1. The van der Waals surface area contributed by atoms with E-state index in [-0.39, 0.29) is 12.2 Å². The van der Waals surface area contributed by atoms with Crippen molar-refractivity contribution in [2.24, 2.45) is 0 Å². The Morgan fingerprint density at radius 2 is 1.84 bits per heavy atom. The zero-order chi connectivity index (χ0) is 26.1. The summed E-state index contributed by atoms with van der Waals surface area (Å²) in [5.74, 6) is -0.822. The molecule has 0 spiro atoms. The fourth-order valence-electron chi connectivity index (χ4n) is 4.96. The molecule has 1 amide bonds. The molecule has 192 valence electrons. The number of furan rings is 1. The number of carboxylic acids is 1. The third kappa shape index (κ3) is 5.31. The first-order valence-corrected chi connectivity index (χ1v) is 13.7. The molecule has 37 heavy (non-hydrogen) atoms. The molecular formula is C27H25Br2N3O5. The van der Waals surface area contributed by atoms with Gasteiger partial charge in [-0.05, 0) is 86.7 Å². The Hall–Kier alpha value is -3.11. The van der Waals surface area contributed by atoms with Crippen molar-refractivity contribution in [1.29, 1.82) is 0 Å². The first-order valence-electron chi connectivity index (χ1n) is 12.1. The van der Waals surface area contributed by atoms with E-state index in [0.717, 1.165) is 29.7 Å². The minimum atomic E-state index is -1.16. The molecule has 0 bridgehead atoms. The van der Waals surface area contributed by atoms with Crippen LogP contribution in [0.1, 0.15) is 54.1 Å². The monoisotopic (exact) mass is 629 g/mol. The van der Waals surface area contributed by atoms with Crippen LogP contribution in [0.25, 0.3) is 22.4 Å². The molecule has 2 aromatic carbocycles. The van der Waals surface area contributed by atoms with Gasteiger partial charge in [-0.1, -0.05) is 19.3 Å². The summed E-state index contributed by atoms with van der Waals surface area (Å²) in [4.78, 5) is 29.9. The second-order valence-electron chi connectivity index (χ2n) is 9.29. The van der Waals surface area contributed by atoms with Crippen LogP contribution >= 0.6 is 31.9 Å². The number of nitrogens with zero attached hydrogens (tertiary/aromatic N) is 2. The van der Waals surface area contributed by atoms with Gasteiger partial charge in [-0.3, -0.25) is 4.79 Å². The summed E-state index contributed by atoms with van der Waals surface area (Å²) < 4.78 is 8.42. The molecule has 2 aromatic heterocycles. The van der Waals surface area contributed by atoms with Crippen LogP contribution in [0, 0.1) is 0 Å². The number of benzene rings is 2. The lowest BCUT2D eigenvalue weighted by Gasteiger charge is -2.25. The Kier molecular flexibility index (Phi) is 7.39. The number of hydrogen-bond donors (Lipinski definition) is 3. The van der Waals surface area contributed by atoms with E-state index in [2.05, 4.69) is 41.7 Å². The quantitative estimate of drug-likeness (QED) is 0.216. The number of carbonyl (C=O) groups excluding carboxylic acids is 1. The first-order chi connectivity index (χ1) is 17.8. The summed E-state index contributed by atoms with van der Waals surface area (Å²) in [5, 5.41) is 22.3. The number of aromatic nitrogens is 2. The molecule has 1 fully saturated rings. The van der Waals surface area contributed by atoms with E-state index in [0.29, 0.717) is 31.6 Å². The summed E-state index contributed by atoms with van der Waals surface area (Å²) in [7, 11) is 0. The summed E-state index contributed by atoms with van der Waals surface area (Å²) in [6, 6.07) is 9.61. The van der Waals surface area contributed by atoms with Gasteiger partial charge in [-0.2, -0.15) is 0 Å². The fourth-order valence-corrected chi connectivity index (χ4v) is 6.24. The Labute approximate surface area is 230 Å².